The normalized spacial score (nSPS) is 27.1. The third-order valence-corrected chi connectivity index (χ3v) is 7.42. The summed E-state index contributed by atoms with van der Waals surface area (Å²) in [5, 5.41) is 0. The SMILES string of the molecule is CCC[C@H]1CC[C@H](CCC2CCC(/C=C/C#Cc3ccc(C(F)(F)F)cc3)CC2)CC1. The van der Waals surface area contributed by atoms with Crippen molar-refractivity contribution in [3.63, 3.8) is 0 Å². The minimum atomic E-state index is -4.29. The second-order valence-corrected chi connectivity index (χ2v) is 9.74. The molecule has 3 heteroatoms. The van der Waals surface area contributed by atoms with Crippen LogP contribution in [0.15, 0.2) is 36.4 Å². The summed E-state index contributed by atoms with van der Waals surface area (Å²) in [6, 6.07) is 5.05. The Kier molecular flexibility index (Phi) is 9.12. The Bertz CT molecular complexity index is 731. The van der Waals surface area contributed by atoms with Crippen LogP contribution in [0.25, 0.3) is 0 Å². The summed E-state index contributed by atoms with van der Waals surface area (Å²) in [6.45, 7) is 2.31. The zero-order valence-corrected chi connectivity index (χ0v) is 18.9. The molecule has 31 heavy (non-hydrogen) atoms. The number of hydrogen-bond donors (Lipinski definition) is 0. The molecule has 0 saturated heterocycles. The zero-order chi connectivity index (χ0) is 22.1. The smallest absolute Gasteiger partial charge is 0.166 e. The molecule has 0 bridgehead atoms. The summed E-state index contributed by atoms with van der Waals surface area (Å²) >= 11 is 0. The maximum Gasteiger partial charge on any atom is 0.416 e. The summed E-state index contributed by atoms with van der Waals surface area (Å²) in [5.74, 6) is 9.40. The van der Waals surface area contributed by atoms with E-state index in [1.807, 2.05) is 6.08 Å². The summed E-state index contributed by atoms with van der Waals surface area (Å²) in [5.41, 5.74) is -0.0142. The van der Waals surface area contributed by atoms with Crippen molar-refractivity contribution in [3.8, 4) is 11.8 Å². The fourth-order valence-corrected chi connectivity index (χ4v) is 5.41. The van der Waals surface area contributed by atoms with E-state index in [9.17, 15) is 13.2 Å². The van der Waals surface area contributed by atoms with Gasteiger partial charge in [0.25, 0.3) is 0 Å². The molecule has 1 aromatic carbocycles. The van der Waals surface area contributed by atoms with E-state index in [-0.39, 0.29) is 0 Å². The van der Waals surface area contributed by atoms with E-state index in [1.54, 1.807) is 0 Å². The van der Waals surface area contributed by atoms with Crippen molar-refractivity contribution in [2.45, 2.75) is 90.1 Å². The van der Waals surface area contributed by atoms with E-state index in [2.05, 4.69) is 24.8 Å². The Balaban J connectivity index is 1.33. The maximum atomic E-state index is 12.6. The van der Waals surface area contributed by atoms with Crippen molar-refractivity contribution in [2.75, 3.05) is 0 Å². The fraction of sp³-hybridized carbons (Fsp3) is 0.643. The predicted octanol–water partition coefficient (Wildman–Crippen LogP) is 8.81. The maximum absolute atomic E-state index is 12.6. The van der Waals surface area contributed by atoms with Crippen molar-refractivity contribution in [3.05, 3.63) is 47.5 Å². The highest BCUT2D eigenvalue weighted by Gasteiger charge is 2.29. The number of benzene rings is 1. The van der Waals surface area contributed by atoms with Gasteiger partial charge in [-0.3, -0.25) is 0 Å². The summed E-state index contributed by atoms with van der Waals surface area (Å²) in [6.07, 6.45) is 16.4. The Labute approximate surface area is 186 Å². The second-order valence-electron chi connectivity index (χ2n) is 9.74. The quantitative estimate of drug-likeness (QED) is 0.396. The number of allylic oxidation sites excluding steroid dienone is 2. The summed E-state index contributed by atoms with van der Waals surface area (Å²) < 4.78 is 37.8. The molecule has 0 nitrogen and oxygen atoms in total. The first-order valence-corrected chi connectivity index (χ1v) is 12.3. The first-order valence-electron chi connectivity index (χ1n) is 12.3. The van der Waals surface area contributed by atoms with Gasteiger partial charge in [0.15, 0.2) is 0 Å². The van der Waals surface area contributed by atoms with Gasteiger partial charge >= 0.3 is 6.18 Å². The van der Waals surface area contributed by atoms with Gasteiger partial charge in [-0.1, -0.05) is 76.2 Å². The topological polar surface area (TPSA) is 0 Å². The van der Waals surface area contributed by atoms with Gasteiger partial charge in [-0.2, -0.15) is 13.2 Å². The molecule has 1 aromatic rings. The number of hydrogen-bond acceptors (Lipinski definition) is 0. The van der Waals surface area contributed by atoms with Gasteiger partial charge in [-0.25, -0.2) is 0 Å². The molecule has 0 aliphatic heterocycles. The molecule has 0 amide bonds. The van der Waals surface area contributed by atoms with E-state index in [0.29, 0.717) is 11.5 Å². The van der Waals surface area contributed by atoms with Crippen LogP contribution in [0.5, 0.6) is 0 Å². The molecule has 0 unspecified atom stereocenters. The molecule has 170 valence electrons. The van der Waals surface area contributed by atoms with Gasteiger partial charge < -0.3 is 0 Å². The molecule has 3 rings (SSSR count). The molecule has 0 heterocycles. The van der Waals surface area contributed by atoms with Crippen LogP contribution in [0.1, 0.15) is 95.1 Å². The molecule has 0 spiro atoms. The van der Waals surface area contributed by atoms with Crippen molar-refractivity contribution >= 4 is 0 Å². The van der Waals surface area contributed by atoms with Crippen molar-refractivity contribution in [1.82, 2.24) is 0 Å². The lowest BCUT2D eigenvalue weighted by Crippen LogP contribution is -2.17. The highest BCUT2D eigenvalue weighted by atomic mass is 19.4. The molecule has 0 N–H and O–H groups in total. The largest absolute Gasteiger partial charge is 0.416 e. The van der Waals surface area contributed by atoms with E-state index < -0.39 is 11.7 Å². The lowest BCUT2D eigenvalue weighted by atomic mass is 9.75. The van der Waals surface area contributed by atoms with E-state index in [0.717, 1.165) is 29.9 Å². The summed E-state index contributed by atoms with van der Waals surface area (Å²) in [4.78, 5) is 0. The van der Waals surface area contributed by atoms with Gasteiger partial charge in [0.1, 0.15) is 0 Å². The highest BCUT2D eigenvalue weighted by Crippen LogP contribution is 2.37. The fourth-order valence-electron chi connectivity index (χ4n) is 5.41. The number of halogens is 3. The van der Waals surface area contributed by atoms with Crippen molar-refractivity contribution in [1.29, 1.82) is 0 Å². The van der Waals surface area contributed by atoms with Crippen LogP contribution in [0.2, 0.25) is 0 Å². The third kappa shape index (κ3) is 8.06. The molecular formula is C28H37F3. The van der Waals surface area contributed by atoms with Crippen LogP contribution in [0.4, 0.5) is 13.2 Å². The highest BCUT2D eigenvalue weighted by molar-refractivity contribution is 5.39. The van der Waals surface area contributed by atoms with Crippen molar-refractivity contribution in [2.24, 2.45) is 23.7 Å². The van der Waals surface area contributed by atoms with Crippen LogP contribution in [0.3, 0.4) is 0 Å². The molecule has 2 aliphatic carbocycles. The van der Waals surface area contributed by atoms with Gasteiger partial charge in [-0.05, 0) is 79.7 Å². The van der Waals surface area contributed by atoms with E-state index >= 15 is 0 Å². The average molecular weight is 431 g/mol. The van der Waals surface area contributed by atoms with Gasteiger partial charge in [-0.15, -0.1) is 0 Å². The lowest BCUT2D eigenvalue weighted by molar-refractivity contribution is -0.137. The molecular weight excluding hydrogens is 393 g/mol. The number of alkyl halides is 3. The second kappa shape index (κ2) is 11.8. The molecule has 0 aromatic heterocycles. The molecule has 2 fully saturated rings. The zero-order valence-electron chi connectivity index (χ0n) is 18.9. The van der Waals surface area contributed by atoms with Crippen LogP contribution in [-0.2, 0) is 6.18 Å². The van der Waals surface area contributed by atoms with E-state index in [4.69, 9.17) is 0 Å². The minimum absolute atomic E-state index is 0.600. The van der Waals surface area contributed by atoms with Crippen LogP contribution in [-0.4, -0.2) is 0 Å². The Morgan fingerprint density at radius 3 is 1.84 bits per heavy atom. The third-order valence-electron chi connectivity index (χ3n) is 7.42. The first-order chi connectivity index (χ1) is 14.9. The van der Waals surface area contributed by atoms with E-state index in [1.165, 1.54) is 89.2 Å². The Hall–Kier alpha value is -1.69. The van der Waals surface area contributed by atoms with Gasteiger partial charge in [0, 0.05) is 5.56 Å². The van der Waals surface area contributed by atoms with Crippen LogP contribution < -0.4 is 0 Å². The lowest BCUT2D eigenvalue weighted by Gasteiger charge is -2.31. The average Bonchev–Trinajstić information content (AvgIpc) is 2.77. The predicted molar refractivity (Wildman–Crippen MR) is 123 cm³/mol. The minimum Gasteiger partial charge on any atom is -0.166 e. The molecule has 2 aliphatic rings. The van der Waals surface area contributed by atoms with Gasteiger partial charge in [0.05, 0.1) is 5.56 Å². The summed E-state index contributed by atoms with van der Waals surface area (Å²) in [7, 11) is 0. The number of rotatable bonds is 6. The Morgan fingerprint density at radius 2 is 1.32 bits per heavy atom. The molecule has 0 radical (unpaired) electrons. The molecule has 0 atom stereocenters. The standard InChI is InChI=1S/C28H37F3/c1-2-5-22-8-12-25(13-9-22)16-17-26-14-10-23(11-15-26)6-3-4-7-24-18-20-27(21-19-24)28(29,30)31/h3,6,18-23,25-26H,2,5,8-17H2,1H3/b6-3+/t22-,23?,25-,26?. The monoisotopic (exact) mass is 430 g/mol. The Morgan fingerprint density at radius 1 is 0.806 bits per heavy atom. The van der Waals surface area contributed by atoms with Crippen LogP contribution >= 0.6 is 0 Å². The first kappa shape index (κ1) is 24.0. The molecule has 2 saturated carbocycles. The van der Waals surface area contributed by atoms with Crippen molar-refractivity contribution < 1.29 is 13.2 Å². The van der Waals surface area contributed by atoms with Crippen LogP contribution in [0, 0.1) is 35.5 Å². The van der Waals surface area contributed by atoms with Gasteiger partial charge in [0.2, 0.25) is 0 Å².